The van der Waals surface area contributed by atoms with Crippen molar-refractivity contribution in [1.82, 2.24) is 4.98 Å². The van der Waals surface area contributed by atoms with Gasteiger partial charge in [0.15, 0.2) is 0 Å². The predicted molar refractivity (Wildman–Crippen MR) is 32.9 cm³/mol. The molecule has 0 saturated heterocycles. The second kappa shape index (κ2) is 2.34. The molecule has 4 heteroatoms. The third-order valence-corrected chi connectivity index (χ3v) is 0.849. The minimum Gasteiger partial charge on any atom is -0.505 e. The number of hydrogen-bond acceptors (Lipinski definition) is 3. The van der Waals surface area contributed by atoms with E-state index in [1.54, 1.807) is 0 Å². The Hall–Kier alpha value is -1.58. The van der Waals surface area contributed by atoms with Gasteiger partial charge < -0.3 is 10.2 Å². The van der Waals surface area contributed by atoms with E-state index in [1.807, 2.05) is 0 Å². The maximum Gasteiger partial charge on any atom is 0.339 e. The molecule has 0 radical (unpaired) electrons. The van der Waals surface area contributed by atoms with Gasteiger partial charge in [0.25, 0.3) is 0 Å². The lowest BCUT2D eigenvalue weighted by Crippen LogP contribution is -1.96. The Labute approximate surface area is 61.0 Å². The topological polar surface area (TPSA) is 70.4 Å². The van der Waals surface area contributed by atoms with Crippen LogP contribution in [0.1, 0.15) is 14.5 Å². The van der Waals surface area contributed by atoms with E-state index in [9.17, 15) is 4.79 Å². The van der Waals surface area contributed by atoms with Crippen molar-refractivity contribution in [2.75, 3.05) is 0 Å². The largest absolute Gasteiger partial charge is 0.505 e. The number of carbonyl (C=O) groups is 1. The molecule has 1 aromatic rings. The van der Waals surface area contributed by atoms with Crippen molar-refractivity contribution in [3.63, 3.8) is 0 Å². The van der Waals surface area contributed by atoms with E-state index in [4.69, 9.17) is 14.3 Å². The molecule has 0 spiro atoms. The van der Waals surface area contributed by atoms with E-state index in [1.165, 1.54) is 0 Å². The lowest BCUT2D eigenvalue weighted by Gasteiger charge is -1.94. The van der Waals surface area contributed by atoms with E-state index in [2.05, 4.69) is 4.98 Å². The van der Waals surface area contributed by atoms with Gasteiger partial charge in [-0.2, -0.15) is 0 Å². The van der Waals surface area contributed by atoms with Crippen LogP contribution < -0.4 is 0 Å². The minimum absolute atomic E-state index is 0.639. The van der Waals surface area contributed by atoms with E-state index >= 15 is 0 Å². The summed E-state index contributed by atoms with van der Waals surface area (Å²) in [6.07, 6.45) is -1.35. The average Bonchev–Trinajstić information content (AvgIpc) is 2.01. The minimum atomic E-state index is -1.55. The van der Waals surface area contributed by atoms with Crippen molar-refractivity contribution in [1.29, 1.82) is 0 Å². The third-order valence-electron chi connectivity index (χ3n) is 0.849. The first-order valence-electron chi connectivity index (χ1n) is 3.85. The number of aromatic hydroxyl groups is 1. The average molecular weight is 142 g/mol. The molecule has 1 aromatic heterocycles. The van der Waals surface area contributed by atoms with Crippen LogP contribution >= 0.6 is 0 Å². The zero-order valence-corrected chi connectivity index (χ0v) is 4.75. The number of hydrogen-bond donors (Lipinski definition) is 2. The van der Waals surface area contributed by atoms with Gasteiger partial charge in [-0.3, -0.25) is 4.98 Å². The fourth-order valence-corrected chi connectivity index (χ4v) is 0.435. The van der Waals surface area contributed by atoms with Crippen molar-refractivity contribution in [3.05, 3.63) is 24.0 Å². The van der Waals surface area contributed by atoms with Crippen LogP contribution in [0.3, 0.4) is 0 Å². The molecule has 0 aliphatic rings. The van der Waals surface area contributed by atoms with Gasteiger partial charge in [-0.05, 0) is 6.04 Å². The lowest BCUT2D eigenvalue weighted by atomic mass is 10.2. The number of nitrogens with zero attached hydrogens (tertiary/aromatic N) is 1. The van der Waals surface area contributed by atoms with Gasteiger partial charge in [0.05, 0.1) is 10.3 Å². The third kappa shape index (κ3) is 1.05. The Morgan fingerprint density at radius 3 is 3.10 bits per heavy atom. The number of carboxylic acids is 1. The van der Waals surface area contributed by atoms with Crippen LogP contribution in [0, 0.1) is 0 Å². The molecule has 0 aromatic carbocycles. The number of pyridine rings is 1. The molecule has 10 heavy (non-hydrogen) atoms. The summed E-state index contributed by atoms with van der Waals surface area (Å²) in [4.78, 5) is 13.6. The Kier molecular flexibility index (Phi) is 0.834. The van der Waals surface area contributed by atoms with Crippen LogP contribution in [0.2, 0.25) is 0 Å². The van der Waals surface area contributed by atoms with Crippen molar-refractivity contribution < 1.29 is 19.1 Å². The maximum atomic E-state index is 10.5. The van der Waals surface area contributed by atoms with E-state index in [0.717, 1.165) is 0 Å². The van der Waals surface area contributed by atoms with E-state index < -0.39 is 35.7 Å². The molecule has 0 bridgehead atoms. The molecule has 4 nitrogen and oxygen atoms in total. The van der Waals surface area contributed by atoms with Crippen LogP contribution in [0.4, 0.5) is 0 Å². The smallest absolute Gasteiger partial charge is 0.339 e. The first-order chi connectivity index (χ1) is 5.95. The zero-order valence-electron chi connectivity index (χ0n) is 7.75. The highest BCUT2D eigenvalue weighted by Gasteiger charge is 2.06. The Bertz CT molecular complexity index is 354. The summed E-state index contributed by atoms with van der Waals surface area (Å²) in [6.45, 7) is 0. The molecule has 0 unspecified atom stereocenters. The lowest BCUT2D eigenvalue weighted by molar-refractivity contribution is 0.0693. The molecule has 1 heterocycles. The molecule has 0 atom stereocenters. The number of aromatic carboxylic acids is 1. The highest BCUT2D eigenvalue weighted by Crippen LogP contribution is 2.12. The fourth-order valence-electron chi connectivity index (χ4n) is 0.435. The van der Waals surface area contributed by atoms with Crippen molar-refractivity contribution >= 4 is 5.97 Å². The molecular weight excluding hydrogens is 134 g/mol. The molecule has 1 rings (SSSR count). The predicted octanol–water partition coefficient (Wildman–Crippen LogP) is 0.485. The highest BCUT2D eigenvalue weighted by atomic mass is 16.4. The van der Waals surface area contributed by atoms with Gasteiger partial charge in [-0.25, -0.2) is 4.79 Å². The molecule has 0 aliphatic heterocycles. The number of carboxylic acid groups (broad SMARTS) is 1. The Morgan fingerprint density at radius 2 is 2.50 bits per heavy atom. The molecule has 52 valence electrons. The fraction of sp³-hybridized carbons (Fsp3) is 0. The SMILES string of the molecule is [2H]c1nc([2H])c(O)c(C(=O)O)c1[2H]. The highest BCUT2D eigenvalue weighted by molar-refractivity contribution is 5.90. The summed E-state index contributed by atoms with van der Waals surface area (Å²) in [7, 11) is 0. The normalized spacial score (nSPS) is 13.4. The van der Waals surface area contributed by atoms with Crippen LogP contribution in [0.5, 0.6) is 5.75 Å². The second-order valence-corrected chi connectivity index (χ2v) is 1.49. The number of rotatable bonds is 1. The number of aromatic nitrogens is 1. The van der Waals surface area contributed by atoms with E-state index in [0.29, 0.717) is 0 Å². The monoisotopic (exact) mass is 142 g/mol. The maximum absolute atomic E-state index is 10.5. The summed E-state index contributed by atoms with van der Waals surface area (Å²) in [5.41, 5.74) is -0.759. The quantitative estimate of drug-likeness (QED) is 0.598. The molecule has 0 fully saturated rings. The first kappa shape index (κ1) is 3.55. The van der Waals surface area contributed by atoms with Gasteiger partial charge in [0, 0.05) is 6.17 Å². The Morgan fingerprint density at radius 1 is 1.80 bits per heavy atom. The first-order valence-corrected chi connectivity index (χ1v) is 2.35. The summed E-state index contributed by atoms with van der Waals surface area (Å²) < 4.78 is 21.1. The molecule has 0 amide bonds. The van der Waals surface area contributed by atoms with Crippen LogP contribution in [-0.2, 0) is 0 Å². The van der Waals surface area contributed by atoms with Crippen molar-refractivity contribution in [2.24, 2.45) is 0 Å². The van der Waals surface area contributed by atoms with Crippen LogP contribution in [-0.4, -0.2) is 21.2 Å². The van der Waals surface area contributed by atoms with Gasteiger partial charge in [0.2, 0.25) is 0 Å². The summed E-state index contributed by atoms with van der Waals surface area (Å²) in [5, 5.41) is 17.6. The van der Waals surface area contributed by atoms with Crippen LogP contribution in [0.25, 0.3) is 0 Å². The molecular formula is C6H5NO3. The summed E-state index contributed by atoms with van der Waals surface area (Å²) >= 11 is 0. The van der Waals surface area contributed by atoms with Crippen LogP contribution in [0.15, 0.2) is 18.4 Å². The Balaban J connectivity index is 3.56. The molecule has 2 N–H and O–H groups in total. The van der Waals surface area contributed by atoms with E-state index in [-0.39, 0.29) is 0 Å². The van der Waals surface area contributed by atoms with Crippen molar-refractivity contribution in [2.45, 2.75) is 0 Å². The van der Waals surface area contributed by atoms with Gasteiger partial charge in [-0.15, -0.1) is 0 Å². The van der Waals surface area contributed by atoms with Gasteiger partial charge in [-0.1, -0.05) is 0 Å². The van der Waals surface area contributed by atoms with Crippen molar-refractivity contribution in [3.8, 4) is 5.75 Å². The zero-order chi connectivity index (χ0) is 10.2. The van der Waals surface area contributed by atoms with Gasteiger partial charge >= 0.3 is 5.97 Å². The summed E-state index contributed by atoms with van der Waals surface area (Å²) in [5.74, 6) is -2.43. The molecule has 0 aliphatic carbocycles. The second-order valence-electron chi connectivity index (χ2n) is 1.49. The summed E-state index contributed by atoms with van der Waals surface area (Å²) in [6, 6.07) is -0.694. The standard InChI is InChI=1S/C6H5NO3/c8-5-3-7-2-1-4(5)6(9)10/h1-3,8H,(H,9,10)/i1D,2D,3D. The van der Waals surface area contributed by atoms with Gasteiger partial charge in [0.1, 0.15) is 11.3 Å². The molecule has 0 saturated carbocycles.